The Kier molecular flexibility index (Phi) is 7.33. The Balaban J connectivity index is 1.35. The molecule has 0 saturated heterocycles. The van der Waals surface area contributed by atoms with Crippen molar-refractivity contribution in [3.63, 3.8) is 0 Å². The van der Waals surface area contributed by atoms with Crippen LogP contribution in [-0.2, 0) is 4.79 Å². The van der Waals surface area contributed by atoms with E-state index in [9.17, 15) is 4.79 Å². The smallest absolute Gasteiger partial charge is 0.223 e. The van der Waals surface area contributed by atoms with Gasteiger partial charge in [-0.05, 0) is 63.4 Å². The van der Waals surface area contributed by atoms with Gasteiger partial charge >= 0.3 is 0 Å². The van der Waals surface area contributed by atoms with E-state index in [-0.39, 0.29) is 12.0 Å². The van der Waals surface area contributed by atoms with E-state index in [0.717, 1.165) is 44.4 Å². The van der Waals surface area contributed by atoms with Crippen LogP contribution in [0.25, 0.3) is 0 Å². The first-order valence-corrected chi connectivity index (χ1v) is 10.6. The Hall–Kier alpha value is -1.58. The Morgan fingerprint density at radius 2 is 1.88 bits per heavy atom. The lowest BCUT2D eigenvalue weighted by molar-refractivity contribution is -0.127. The lowest BCUT2D eigenvalue weighted by Crippen LogP contribution is -2.43. The number of carbonyl (C=O) groups excluding carboxylic acids is 1. The van der Waals surface area contributed by atoms with Crippen LogP contribution in [0, 0.1) is 11.8 Å². The quantitative estimate of drug-likeness (QED) is 0.755. The maximum atomic E-state index is 12.6. The number of hydrogen-bond donors (Lipinski definition) is 1. The summed E-state index contributed by atoms with van der Waals surface area (Å²) in [7, 11) is 0. The molecule has 0 aromatic carbocycles. The third-order valence-corrected chi connectivity index (χ3v) is 6.13. The van der Waals surface area contributed by atoms with Gasteiger partial charge in [-0.2, -0.15) is 0 Å². The number of aromatic nitrogens is 1. The van der Waals surface area contributed by atoms with Gasteiger partial charge in [0.05, 0.1) is 0 Å². The topological polar surface area (TPSA) is 51.2 Å². The number of rotatable bonds is 7. The number of ether oxygens (including phenoxy) is 1. The predicted molar refractivity (Wildman–Crippen MR) is 104 cm³/mol. The molecule has 0 atom stereocenters. The van der Waals surface area contributed by atoms with Crippen molar-refractivity contribution < 1.29 is 9.53 Å². The zero-order valence-electron chi connectivity index (χ0n) is 16.2. The van der Waals surface area contributed by atoms with Gasteiger partial charge in [-0.15, -0.1) is 0 Å². The van der Waals surface area contributed by atoms with Gasteiger partial charge in [0.1, 0.15) is 6.10 Å². The highest BCUT2D eigenvalue weighted by Crippen LogP contribution is 2.32. The Bertz CT molecular complexity index is 532. The molecule has 3 rings (SSSR count). The molecule has 1 amide bonds. The van der Waals surface area contributed by atoms with E-state index < -0.39 is 0 Å². The van der Waals surface area contributed by atoms with Gasteiger partial charge in [0, 0.05) is 24.2 Å². The SMILES string of the molecule is CCCCC1CCC(C(=O)NC2CCC(Oc3ccccn3)CC2)CC1. The first kappa shape index (κ1) is 19.2. The van der Waals surface area contributed by atoms with Crippen molar-refractivity contribution in [3.8, 4) is 5.88 Å². The summed E-state index contributed by atoms with van der Waals surface area (Å²) in [5.74, 6) is 2.11. The van der Waals surface area contributed by atoms with Crippen molar-refractivity contribution in [2.45, 2.75) is 89.7 Å². The Labute approximate surface area is 158 Å². The average Bonchev–Trinajstić information content (AvgIpc) is 2.69. The molecule has 26 heavy (non-hydrogen) atoms. The molecule has 0 bridgehead atoms. The van der Waals surface area contributed by atoms with Crippen molar-refractivity contribution in [1.29, 1.82) is 0 Å². The van der Waals surface area contributed by atoms with Crippen LogP contribution in [-0.4, -0.2) is 23.0 Å². The molecule has 0 spiro atoms. The van der Waals surface area contributed by atoms with E-state index in [1.807, 2.05) is 18.2 Å². The maximum Gasteiger partial charge on any atom is 0.223 e. The van der Waals surface area contributed by atoms with E-state index in [4.69, 9.17) is 4.74 Å². The number of pyridine rings is 1. The highest BCUT2D eigenvalue weighted by Gasteiger charge is 2.29. The Morgan fingerprint density at radius 3 is 2.54 bits per heavy atom. The second kappa shape index (κ2) is 9.94. The monoisotopic (exact) mass is 358 g/mol. The van der Waals surface area contributed by atoms with Crippen LogP contribution in [0.4, 0.5) is 0 Å². The number of nitrogens with zero attached hydrogens (tertiary/aromatic N) is 1. The molecule has 4 nitrogen and oxygen atoms in total. The maximum absolute atomic E-state index is 12.6. The number of carbonyl (C=O) groups is 1. The zero-order valence-corrected chi connectivity index (χ0v) is 16.2. The van der Waals surface area contributed by atoms with Crippen molar-refractivity contribution in [2.75, 3.05) is 0 Å². The van der Waals surface area contributed by atoms with Crippen LogP contribution in [0.2, 0.25) is 0 Å². The first-order chi connectivity index (χ1) is 12.7. The normalized spacial score (nSPS) is 29.1. The summed E-state index contributed by atoms with van der Waals surface area (Å²) in [5.41, 5.74) is 0. The van der Waals surface area contributed by atoms with Crippen LogP contribution in [0.5, 0.6) is 5.88 Å². The summed E-state index contributed by atoms with van der Waals surface area (Å²) in [5, 5.41) is 3.32. The summed E-state index contributed by atoms with van der Waals surface area (Å²) in [6, 6.07) is 6.08. The largest absolute Gasteiger partial charge is 0.474 e. The minimum atomic E-state index is 0.229. The lowest BCUT2D eigenvalue weighted by Gasteiger charge is -2.32. The van der Waals surface area contributed by atoms with Crippen LogP contribution in [0.1, 0.15) is 77.6 Å². The molecule has 144 valence electrons. The summed E-state index contributed by atoms with van der Waals surface area (Å²) in [6.45, 7) is 2.26. The molecule has 4 heteroatoms. The molecule has 2 aliphatic rings. The van der Waals surface area contributed by atoms with Crippen molar-refractivity contribution in [3.05, 3.63) is 24.4 Å². The lowest BCUT2D eigenvalue weighted by atomic mass is 9.79. The molecule has 0 radical (unpaired) electrons. The van der Waals surface area contributed by atoms with Crippen LogP contribution in [0.15, 0.2) is 24.4 Å². The summed E-state index contributed by atoms with van der Waals surface area (Å²) in [4.78, 5) is 16.8. The highest BCUT2D eigenvalue weighted by atomic mass is 16.5. The third-order valence-electron chi connectivity index (χ3n) is 6.13. The number of nitrogens with one attached hydrogen (secondary N) is 1. The van der Waals surface area contributed by atoms with Gasteiger partial charge < -0.3 is 10.1 Å². The van der Waals surface area contributed by atoms with Gasteiger partial charge in [-0.25, -0.2) is 4.98 Å². The van der Waals surface area contributed by atoms with Gasteiger partial charge in [-0.3, -0.25) is 4.79 Å². The third kappa shape index (κ3) is 5.72. The number of amides is 1. The number of unbranched alkanes of at least 4 members (excludes halogenated alkanes) is 1. The van der Waals surface area contributed by atoms with Gasteiger partial charge in [0.25, 0.3) is 0 Å². The summed E-state index contributed by atoms with van der Waals surface area (Å²) >= 11 is 0. The summed E-state index contributed by atoms with van der Waals surface area (Å²) < 4.78 is 5.95. The van der Waals surface area contributed by atoms with E-state index in [1.54, 1.807) is 6.20 Å². The fourth-order valence-corrected chi connectivity index (χ4v) is 4.44. The molecule has 1 heterocycles. The molecular formula is C22H34N2O2. The average molecular weight is 359 g/mol. The molecular weight excluding hydrogens is 324 g/mol. The predicted octanol–water partition coefficient (Wildman–Crippen LogP) is 4.88. The van der Waals surface area contributed by atoms with Crippen LogP contribution >= 0.6 is 0 Å². The molecule has 2 fully saturated rings. The van der Waals surface area contributed by atoms with Gasteiger partial charge in [0.2, 0.25) is 11.8 Å². The van der Waals surface area contributed by atoms with Crippen molar-refractivity contribution in [2.24, 2.45) is 11.8 Å². The zero-order chi connectivity index (χ0) is 18.2. The minimum Gasteiger partial charge on any atom is -0.474 e. The Morgan fingerprint density at radius 1 is 1.12 bits per heavy atom. The molecule has 2 saturated carbocycles. The van der Waals surface area contributed by atoms with E-state index in [2.05, 4.69) is 17.2 Å². The first-order valence-electron chi connectivity index (χ1n) is 10.6. The molecule has 2 aliphatic carbocycles. The standard InChI is InChI=1S/C22H34N2O2/c1-2-3-6-17-8-10-18(11-9-17)22(25)24-19-12-14-20(15-13-19)26-21-7-4-5-16-23-21/h4-5,7,16-20H,2-3,6,8-15H2,1H3,(H,24,25). The highest BCUT2D eigenvalue weighted by molar-refractivity contribution is 5.79. The van der Waals surface area contributed by atoms with E-state index in [0.29, 0.717) is 17.8 Å². The van der Waals surface area contributed by atoms with Crippen molar-refractivity contribution >= 4 is 5.91 Å². The molecule has 1 aromatic rings. The van der Waals surface area contributed by atoms with Gasteiger partial charge in [-0.1, -0.05) is 32.3 Å². The molecule has 1 N–H and O–H groups in total. The molecule has 0 aliphatic heterocycles. The number of hydrogen-bond acceptors (Lipinski definition) is 3. The second-order valence-corrected chi connectivity index (χ2v) is 8.13. The minimum absolute atomic E-state index is 0.229. The molecule has 0 unspecified atom stereocenters. The van der Waals surface area contributed by atoms with Gasteiger partial charge in [0.15, 0.2) is 0 Å². The van der Waals surface area contributed by atoms with Crippen molar-refractivity contribution in [1.82, 2.24) is 10.3 Å². The van der Waals surface area contributed by atoms with E-state index in [1.165, 1.54) is 32.1 Å². The second-order valence-electron chi connectivity index (χ2n) is 8.13. The van der Waals surface area contributed by atoms with Crippen LogP contribution in [0.3, 0.4) is 0 Å². The fourth-order valence-electron chi connectivity index (χ4n) is 4.44. The summed E-state index contributed by atoms with van der Waals surface area (Å²) in [6.07, 6.45) is 14.6. The molecule has 1 aromatic heterocycles. The fraction of sp³-hybridized carbons (Fsp3) is 0.727. The van der Waals surface area contributed by atoms with Crippen LogP contribution < -0.4 is 10.1 Å². The van der Waals surface area contributed by atoms with E-state index >= 15 is 0 Å².